The summed E-state index contributed by atoms with van der Waals surface area (Å²) in [6.07, 6.45) is 0. The van der Waals surface area contributed by atoms with E-state index in [1.54, 1.807) is 49.4 Å². The van der Waals surface area contributed by atoms with E-state index < -0.39 is 17.9 Å². The lowest BCUT2D eigenvalue weighted by atomic mass is 9.98. The predicted molar refractivity (Wildman–Crippen MR) is 144 cm³/mol. The molecule has 1 aliphatic heterocycles. The van der Waals surface area contributed by atoms with Gasteiger partial charge in [0.1, 0.15) is 11.3 Å². The van der Waals surface area contributed by atoms with Crippen molar-refractivity contribution in [2.45, 2.75) is 19.9 Å². The van der Waals surface area contributed by atoms with Crippen molar-refractivity contribution in [1.82, 2.24) is 4.98 Å². The number of carbonyl (C=O) groups excluding carboxylic acids is 2. The average molecular weight is 527 g/mol. The zero-order valence-corrected chi connectivity index (χ0v) is 21.4. The Morgan fingerprint density at radius 3 is 2.68 bits per heavy atom. The van der Waals surface area contributed by atoms with E-state index in [0.29, 0.717) is 49.8 Å². The van der Waals surface area contributed by atoms with Crippen LogP contribution in [-0.4, -0.2) is 30.1 Å². The third-order valence-electron chi connectivity index (χ3n) is 6.36. The first kappa shape index (κ1) is 23.9. The van der Waals surface area contributed by atoms with E-state index in [0.717, 1.165) is 0 Å². The minimum absolute atomic E-state index is 0.00742. The third-order valence-corrected chi connectivity index (χ3v) is 7.37. The van der Waals surface area contributed by atoms with E-state index in [2.05, 4.69) is 0 Å². The summed E-state index contributed by atoms with van der Waals surface area (Å²) < 4.78 is 17.6. The van der Waals surface area contributed by atoms with Gasteiger partial charge in [-0.1, -0.05) is 35.6 Å². The Kier molecular flexibility index (Phi) is 5.92. The largest absolute Gasteiger partial charge is 0.494 e. The first-order valence-electron chi connectivity index (χ1n) is 12.2. The Balaban J connectivity index is 1.55. The van der Waals surface area contributed by atoms with Gasteiger partial charge in [0.2, 0.25) is 5.76 Å². The molecule has 190 valence electrons. The van der Waals surface area contributed by atoms with Crippen LogP contribution in [0.4, 0.5) is 5.13 Å². The summed E-state index contributed by atoms with van der Waals surface area (Å²) in [4.78, 5) is 46.1. The van der Waals surface area contributed by atoms with Gasteiger partial charge in [-0.3, -0.25) is 14.5 Å². The van der Waals surface area contributed by atoms with Gasteiger partial charge < -0.3 is 13.9 Å². The summed E-state index contributed by atoms with van der Waals surface area (Å²) in [6.45, 7) is 4.38. The fourth-order valence-corrected chi connectivity index (χ4v) is 5.76. The van der Waals surface area contributed by atoms with Crippen molar-refractivity contribution < 1.29 is 23.5 Å². The molecule has 0 saturated carbocycles. The molecule has 5 aromatic rings. The summed E-state index contributed by atoms with van der Waals surface area (Å²) in [5, 5.41) is 0.780. The molecule has 6 rings (SSSR count). The van der Waals surface area contributed by atoms with Crippen molar-refractivity contribution in [2.24, 2.45) is 0 Å². The number of esters is 1. The first-order valence-corrected chi connectivity index (χ1v) is 13.0. The van der Waals surface area contributed by atoms with Crippen LogP contribution in [0.2, 0.25) is 0 Å². The van der Waals surface area contributed by atoms with Gasteiger partial charge in [-0.2, -0.15) is 0 Å². The second kappa shape index (κ2) is 9.42. The number of hydrogen-bond acceptors (Lipinski definition) is 8. The van der Waals surface area contributed by atoms with Crippen LogP contribution in [0.3, 0.4) is 0 Å². The number of benzene rings is 3. The Bertz CT molecular complexity index is 1790. The smallest absolute Gasteiger partial charge is 0.338 e. The van der Waals surface area contributed by atoms with Crippen LogP contribution in [-0.2, 0) is 4.74 Å². The van der Waals surface area contributed by atoms with Gasteiger partial charge in [0.15, 0.2) is 10.6 Å². The van der Waals surface area contributed by atoms with E-state index >= 15 is 0 Å². The summed E-state index contributed by atoms with van der Waals surface area (Å²) in [5.74, 6) is -0.271. The minimum atomic E-state index is -0.774. The van der Waals surface area contributed by atoms with Crippen LogP contribution in [0.5, 0.6) is 5.75 Å². The number of thiazole rings is 1. The fourth-order valence-electron chi connectivity index (χ4n) is 4.73. The molecule has 8 nitrogen and oxygen atoms in total. The van der Waals surface area contributed by atoms with Crippen molar-refractivity contribution >= 4 is 49.5 Å². The maximum atomic E-state index is 13.9. The quantitative estimate of drug-likeness (QED) is 0.261. The third kappa shape index (κ3) is 3.83. The molecular formula is C29H22N2O6S. The zero-order chi connectivity index (χ0) is 26.4. The van der Waals surface area contributed by atoms with E-state index in [1.807, 2.05) is 31.2 Å². The molecule has 9 heteroatoms. The summed E-state index contributed by atoms with van der Waals surface area (Å²) >= 11 is 1.25. The number of hydrogen-bond donors (Lipinski definition) is 0. The van der Waals surface area contributed by atoms with Gasteiger partial charge in [-0.15, -0.1) is 0 Å². The Morgan fingerprint density at radius 1 is 1.03 bits per heavy atom. The van der Waals surface area contributed by atoms with Crippen LogP contribution in [0, 0.1) is 0 Å². The van der Waals surface area contributed by atoms with Crippen LogP contribution >= 0.6 is 11.3 Å². The lowest BCUT2D eigenvalue weighted by Gasteiger charge is -2.23. The van der Waals surface area contributed by atoms with Crippen molar-refractivity contribution in [3.05, 3.63) is 99.4 Å². The Labute approximate surface area is 221 Å². The Morgan fingerprint density at radius 2 is 1.87 bits per heavy atom. The molecule has 0 spiro atoms. The van der Waals surface area contributed by atoms with Gasteiger partial charge in [0, 0.05) is 0 Å². The highest BCUT2D eigenvalue weighted by Crippen LogP contribution is 2.44. The topological polar surface area (TPSA) is 98.9 Å². The average Bonchev–Trinajstić information content (AvgIpc) is 3.47. The van der Waals surface area contributed by atoms with Gasteiger partial charge >= 0.3 is 5.97 Å². The molecule has 0 fully saturated rings. The highest BCUT2D eigenvalue weighted by molar-refractivity contribution is 7.22. The molecule has 0 aliphatic carbocycles. The molecule has 2 aromatic heterocycles. The van der Waals surface area contributed by atoms with E-state index in [4.69, 9.17) is 18.9 Å². The van der Waals surface area contributed by atoms with Crippen LogP contribution in [0.1, 0.15) is 51.9 Å². The maximum absolute atomic E-state index is 13.9. The van der Waals surface area contributed by atoms with Crippen molar-refractivity contribution in [1.29, 1.82) is 0 Å². The molecule has 1 aliphatic rings. The normalized spacial score (nSPS) is 14.7. The lowest BCUT2D eigenvalue weighted by molar-refractivity contribution is 0.0526. The van der Waals surface area contributed by atoms with E-state index in [-0.39, 0.29) is 23.4 Å². The van der Waals surface area contributed by atoms with E-state index in [1.165, 1.54) is 16.2 Å². The number of anilines is 1. The van der Waals surface area contributed by atoms with E-state index in [9.17, 15) is 14.4 Å². The number of rotatable bonds is 6. The monoisotopic (exact) mass is 526 g/mol. The zero-order valence-electron chi connectivity index (χ0n) is 20.6. The molecular weight excluding hydrogens is 504 g/mol. The Hall–Kier alpha value is -4.50. The van der Waals surface area contributed by atoms with Gasteiger partial charge in [-0.25, -0.2) is 9.78 Å². The minimum Gasteiger partial charge on any atom is -0.494 e. The molecule has 0 saturated heterocycles. The van der Waals surface area contributed by atoms with Crippen molar-refractivity contribution in [2.75, 3.05) is 18.1 Å². The number of nitrogens with zero attached hydrogens (tertiary/aromatic N) is 2. The number of fused-ring (bicyclic) bond motifs is 3. The van der Waals surface area contributed by atoms with Gasteiger partial charge in [0.05, 0.1) is 46.0 Å². The van der Waals surface area contributed by atoms with Crippen LogP contribution in [0.15, 0.2) is 75.9 Å². The second-order valence-electron chi connectivity index (χ2n) is 8.65. The summed E-state index contributed by atoms with van der Waals surface area (Å²) in [6, 6.07) is 18.5. The number of ether oxygens (including phenoxy) is 2. The summed E-state index contributed by atoms with van der Waals surface area (Å²) in [7, 11) is 0. The molecule has 1 amide bonds. The predicted octanol–water partition coefficient (Wildman–Crippen LogP) is 5.73. The molecule has 3 heterocycles. The van der Waals surface area contributed by atoms with Gasteiger partial charge in [-0.05, 0) is 61.9 Å². The number of aromatic nitrogens is 1. The molecule has 0 N–H and O–H groups in total. The molecule has 38 heavy (non-hydrogen) atoms. The number of carbonyl (C=O) groups is 2. The molecule has 0 radical (unpaired) electrons. The molecule has 1 atom stereocenters. The van der Waals surface area contributed by atoms with Crippen LogP contribution in [0.25, 0.3) is 21.2 Å². The SMILES string of the molecule is CCOC(=O)c1ccc2nc(N3C(=O)c4oc5ccccc5c(=O)c4C3c3cccc(OCC)c3)sc2c1. The highest BCUT2D eigenvalue weighted by atomic mass is 32.1. The maximum Gasteiger partial charge on any atom is 0.338 e. The fraction of sp³-hybridized carbons (Fsp3) is 0.172. The molecule has 3 aromatic carbocycles. The van der Waals surface area contributed by atoms with Crippen molar-refractivity contribution in [3.63, 3.8) is 0 Å². The summed E-state index contributed by atoms with van der Waals surface area (Å²) in [5.41, 5.74) is 2.04. The lowest BCUT2D eigenvalue weighted by Crippen LogP contribution is -2.29. The number of amides is 1. The van der Waals surface area contributed by atoms with Gasteiger partial charge in [0.25, 0.3) is 5.91 Å². The van der Waals surface area contributed by atoms with Crippen molar-refractivity contribution in [3.8, 4) is 5.75 Å². The van der Waals surface area contributed by atoms with Crippen LogP contribution < -0.4 is 15.1 Å². The second-order valence-corrected chi connectivity index (χ2v) is 9.66. The number of para-hydroxylation sites is 1. The first-order chi connectivity index (χ1) is 18.5. The standard InChI is InChI=1S/C29H22N2O6S/c1-3-35-18-9-7-8-16(14-18)24-23-25(32)19-10-5-6-11-21(19)37-26(23)27(33)31(24)29-30-20-13-12-17(15-22(20)38-29)28(34)36-4-2/h5-15,24H,3-4H2,1-2H3. The highest BCUT2D eigenvalue weighted by Gasteiger charge is 2.45. The molecule has 0 bridgehead atoms. The molecule has 1 unspecified atom stereocenters.